The van der Waals surface area contributed by atoms with E-state index in [1.54, 1.807) is 19.1 Å². The van der Waals surface area contributed by atoms with Gasteiger partial charge in [-0.1, -0.05) is 23.7 Å². The van der Waals surface area contributed by atoms with Crippen molar-refractivity contribution in [1.29, 1.82) is 0 Å². The van der Waals surface area contributed by atoms with Crippen LogP contribution in [-0.2, 0) is 16.1 Å². The second-order valence-corrected chi connectivity index (χ2v) is 6.68. The highest BCUT2D eigenvalue weighted by Gasteiger charge is 2.19. The molecule has 2 aromatic rings. The summed E-state index contributed by atoms with van der Waals surface area (Å²) in [5.74, 6) is -0.810. The number of hydrogen-bond donors (Lipinski definition) is 1. The van der Waals surface area contributed by atoms with Gasteiger partial charge in [0.25, 0.3) is 5.91 Å². The molecule has 0 saturated heterocycles. The lowest BCUT2D eigenvalue weighted by molar-refractivity contribution is -0.124. The van der Waals surface area contributed by atoms with E-state index < -0.39 is 18.5 Å². The van der Waals surface area contributed by atoms with Crippen LogP contribution in [0, 0.1) is 12.7 Å². The van der Waals surface area contributed by atoms with Gasteiger partial charge in [-0.05, 0) is 36.2 Å². The lowest BCUT2D eigenvalue weighted by Crippen LogP contribution is -2.28. The lowest BCUT2D eigenvalue weighted by atomic mass is 10.1. The molecule has 148 valence electrons. The largest absolute Gasteiger partial charge is 0.489 e. The van der Waals surface area contributed by atoms with E-state index >= 15 is 0 Å². The van der Waals surface area contributed by atoms with Crippen LogP contribution < -0.4 is 14.8 Å². The standard InChI is InChI=1S/C20H19ClFNO5/c1-12-3-4-13(7-16(12)22)10-23-18(24)11-28-20(25)14-8-15(21)19-17(9-14)26-5-2-6-27-19/h3-4,7-9H,2,5-6,10-11H2,1H3,(H,23,24). The third-order valence-electron chi connectivity index (χ3n) is 4.10. The summed E-state index contributed by atoms with van der Waals surface area (Å²) in [7, 11) is 0. The van der Waals surface area contributed by atoms with E-state index in [4.69, 9.17) is 25.8 Å². The summed E-state index contributed by atoms with van der Waals surface area (Å²) < 4.78 is 29.6. The molecule has 0 fully saturated rings. The van der Waals surface area contributed by atoms with E-state index in [0.29, 0.717) is 42.3 Å². The van der Waals surface area contributed by atoms with Gasteiger partial charge in [0.1, 0.15) is 5.82 Å². The van der Waals surface area contributed by atoms with Crippen LogP contribution in [0.4, 0.5) is 4.39 Å². The van der Waals surface area contributed by atoms with Crippen LogP contribution in [0.1, 0.15) is 27.9 Å². The highest BCUT2D eigenvalue weighted by molar-refractivity contribution is 6.32. The van der Waals surface area contributed by atoms with Crippen molar-refractivity contribution in [3.05, 3.63) is 57.9 Å². The molecule has 8 heteroatoms. The number of fused-ring (bicyclic) bond motifs is 1. The van der Waals surface area contributed by atoms with E-state index in [0.717, 1.165) is 0 Å². The summed E-state index contributed by atoms with van der Waals surface area (Å²) in [5.41, 5.74) is 1.29. The number of carbonyl (C=O) groups excluding carboxylic acids is 2. The summed E-state index contributed by atoms with van der Waals surface area (Å²) in [6, 6.07) is 7.57. The number of carbonyl (C=O) groups is 2. The van der Waals surface area contributed by atoms with Crippen molar-refractivity contribution >= 4 is 23.5 Å². The summed E-state index contributed by atoms with van der Waals surface area (Å²) in [6.45, 7) is 2.23. The lowest BCUT2D eigenvalue weighted by Gasteiger charge is -2.11. The Labute approximate surface area is 166 Å². The van der Waals surface area contributed by atoms with Gasteiger partial charge in [0.05, 0.1) is 23.8 Å². The minimum absolute atomic E-state index is 0.128. The molecule has 1 N–H and O–H groups in total. The van der Waals surface area contributed by atoms with Gasteiger partial charge >= 0.3 is 5.97 Å². The fraction of sp³-hybridized carbons (Fsp3) is 0.300. The number of benzene rings is 2. The van der Waals surface area contributed by atoms with Gasteiger partial charge in [-0.3, -0.25) is 4.79 Å². The monoisotopic (exact) mass is 407 g/mol. The fourth-order valence-corrected chi connectivity index (χ4v) is 2.83. The number of halogens is 2. The van der Waals surface area contributed by atoms with Crippen molar-refractivity contribution in [2.24, 2.45) is 0 Å². The molecule has 1 aliphatic heterocycles. The number of nitrogens with one attached hydrogen (secondary N) is 1. The van der Waals surface area contributed by atoms with Crippen molar-refractivity contribution in [3.8, 4) is 11.5 Å². The first kappa shape index (κ1) is 19.9. The second kappa shape index (κ2) is 8.93. The van der Waals surface area contributed by atoms with Crippen LogP contribution in [0.15, 0.2) is 30.3 Å². The molecular weight excluding hydrogens is 389 g/mol. The van der Waals surface area contributed by atoms with Crippen molar-refractivity contribution in [1.82, 2.24) is 5.32 Å². The first-order valence-corrected chi connectivity index (χ1v) is 9.10. The highest BCUT2D eigenvalue weighted by atomic mass is 35.5. The van der Waals surface area contributed by atoms with Crippen molar-refractivity contribution in [2.45, 2.75) is 19.9 Å². The molecular formula is C20H19ClFNO5. The van der Waals surface area contributed by atoms with Gasteiger partial charge in [-0.25, -0.2) is 9.18 Å². The Kier molecular flexibility index (Phi) is 6.36. The zero-order chi connectivity index (χ0) is 20.1. The van der Waals surface area contributed by atoms with E-state index in [1.165, 1.54) is 18.2 Å². The van der Waals surface area contributed by atoms with Gasteiger partial charge in [0.2, 0.25) is 0 Å². The Balaban J connectivity index is 1.54. The molecule has 1 aliphatic rings. The van der Waals surface area contributed by atoms with E-state index in [2.05, 4.69) is 5.32 Å². The predicted molar refractivity (Wildman–Crippen MR) is 100 cm³/mol. The van der Waals surface area contributed by atoms with Crippen LogP contribution in [0.25, 0.3) is 0 Å². The third-order valence-corrected chi connectivity index (χ3v) is 4.38. The van der Waals surface area contributed by atoms with E-state index in [9.17, 15) is 14.0 Å². The maximum atomic E-state index is 13.5. The summed E-state index contributed by atoms with van der Waals surface area (Å²) >= 11 is 6.15. The van der Waals surface area contributed by atoms with E-state index in [-0.39, 0.29) is 22.9 Å². The predicted octanol–water partition coefficient (Wildman–Crippen LogP) is 3.42. The number of rotatable bonds is 5. The molecule has 3 rings (SSSR count). The SMILES string of the molecule is Cc1ccc(CNC(=O)COC(=O)c2cc(Cl)c3c(c2)OCCCO3)cc1F. The van der Waals surface area contributed by atoms with Gasteiger partial charge in [0.15, 0.2) is 18.1 Å². The number of ether oxygens (including phenoxy) is 3. The summed E-state index contributed by atoms with van der Waals surface area (Å²) in [5, 5.41) is 2.80. The van der Waals surface area contributed by atoms with Crippen LogP contribution in [-0.4, -0.2) is 31.7 Å². The average molecular weight is 408 g/mol. The molecule has 1 amide bonds. The smallest absolute Gasteiger partial charge is 0.338 e. The zero-order valence-corrected chi connectivity index (χ0v) is 16.0. The minimum Gasteiger partial charge on any atom is -0.489 e. The Morgan fingerprint density at radius 1 is 1.21 bits per heavy atom. The highest BCUT2D eigenvalue weighted by Crippen LogP contribution is 2.38. The number of aryl methyl sites for hydroxylation is 1. The molecule has 0 radical (unpaired) electrons. The molecule has 0 aromatic heterocycles. The average Bonchev–Trinajstić information content (AvgIpc) is 2.93. The summed E-state index contributed by atoms with van der Waals surface area (Å²) in [4.78, 5) is 24.1. The number of hydrogen-bond acceptors (Lipinski definition) is 5. The molecule has 0 unspecified atom stereocenters. The Bertz CT molecular complexity index is 902. The summed E-state index contributed by atoms with van der Waals surface area (Å²) in [6.07, 6.45) is 0.704. The van der Waals surface area contributed by atoms with Gasteiger partial charge in [0, 0.05) is 13.0 Å². The molecule has 0 spiro atoms. The van der Waals surface area contributed by atoms with Gasteiger partial charge in [-0.2, -0.15) is 0 Å². The quantitative estimate of drug-likeness (QED) is 0.769. The first-order chi connectivity index (χ1) is 13.4. The topological polar surface area (TPSA) is 73.9 Å². The molecule has 1 heterocycles. The van der Waals surface area contributed by atoms with Crippen LogP contribution in [0.5, 0.6) is 11.5 Å². The second-order valence-electron chi connectivity index (χ2n) is 6.27. The molecule has 0 atom stereocenters. The van der Waals surface area contributed by atoms with Crippen molar-refractivity contribution < 1.29 is 28.2 Å². The fourth-order valence-electron chi connectivity index (χ4n) is 2.56. The molecule has 6 nitrogen and oxygen atoms in total. The van der Waals surface area contributed by atoms with Crippen LogP contribution in [0.3, 0.4) is 0 Å². The Morgan fingerprint density at radius 3 is 2.79 bits per heavy atom. The van der Waals surface area contributed by atoms with Crippen molar-refractivity contribution in [2.75, 3.05) is 19.8 Å². The molecule has 0 aliphatic carbocycles. The Morgan fingerprint density at radius 2 is 2.00 bits per heavy atom. The zero-order valence-electron chi connectivity index (χ0n) is 15.2. The van der Waals surface area contributed by atoms with Gasteiger partial charge < -0.3 is 19.5 Å². The number of amides is 1. The van der Waals surface area contributed by atoms with Gasteiger partial charge in [-0.15, -0.1) is 0 Å². The van der Waals surface area contributed by atoms with Crippen molar-refractivity contribution in [3.63, 3.8) is 0 Å². The molecule has 2 aromatic carbocycles. The first-order valence-electron chi connectivity index (χ1n) is 8.72. The van der Waals surface area contributed by atoms with Crippen LogP contribution >= 0.6 is 11.6 Å². The van der Waals surface area contributed by atoms with E-state index in [1.807, 2.05) is 0 Å². The minimum atomic E-state index is -0.714. The third kappa shape index (κ3) is 4.92. The molecule has 0 bridgehead atoms. The van der Waals surface area contributed by atoms with Crippen LogP contribution in [0.2, 0.25) is 5.02 Å². The molecule has 28 heavy (non-hydrogen) atoms. The molecule has 0 saturated carbocycles. The number of esters is 1. The normalized spacial score (nSPS) is 12.8. The maximum absolute atomic E-state index is 13.5. The maximum Gasteiger partial charge on any atom is 0.338 e. The Hall–Kier alpha value is -2.80.